The van der Waals surface area contributed by atoms with Gasteiger partial charge in [0.05, 0.1) is 26.5 Å². The van der Waals surface area contributed by atoms with Crippen LogP contribution in [0.5, 0.6) is 5.75 Å². The Hall–Kier alpha value is -2.27. The summed E-state index contributed by atoms with van der Waals surface area (Å²) in [5.74, 6) is 1.19. The van der Waals surface area contributed by atoms with Gasteiger partial charge in [-0.25, -0.2) is 4.79 Å². The fourth-order valence-corrected chi connectivity index (χ4v) is 1.99. The lowest BCUT2D eigenvalue weighted by Crippen LogP contribution is -2.29. The molecule has 0 aliphatic rings. The maximum atomic E-state index is 11.9. The van der Waals surface area contributed by atoms with Gasteiger partial charge in [-0.2, -0.15) is 0 Å². The highest BCUT2D eigenvalue weighted by Gasteiger charge is 2.21. The summed E-state index contributed by atoms with van der Waals surface area (Å²) in [6.07, 6.45) is 1.60. The molecule has 2 aromatic rings. The van der Waals surface area contributed by atoms with E-state index in [0.717, 1.165) is 17.1 Å². The van der Waals surface area contributed by atoms with Crippen LogP contribution in [0, 0.1) is 0 Å². The third kappa shape index (κ3) is 4.10. The zero-order valence-electron chi connectivity index (χ0n) is 12.2. The number of methoxy groups -OCH3 is 1. The lowest BCUT2D eigenvalue weighted by molar-refractivity contribution is -0.143. The smallest absolute Gasteiger partial charge is 0.327 e. The largest absolute Gasteiger partial charge is 0.494 e. The van der Waals surface area contributed by atoms with Gasteiger partial charge < -0.3 is 13.9 Å². The Balaban J connectivity index is 2.09. The number of esters is 1. The highest BCUT2D eigenvalue weighted by Crippen LogP contribution is 2.19. The molecule has 0 aliphatic carbocycles. The summed E-state index contributed by atoms with van der Waals surface area (Å²) < 4.78 is 15.5. The van der Waals surface area contributed by atoms with Gasteiger partial charge in [-0.15, -0.1) is 0 Å². The van der Waals surface area contributed by atoms with Gasteiger partial charge in [0, 0.05) is 0 Å². The van der Waals surface area contributed by atoms with E-state index in [2.05, 4.69) is 5.32 Å². The van der Waals surface area contributed by atoms with Crippen LogP contribution in [0.15, 0.2) is 47.1 Å². The number of carbonyl (C=O) groups excluding carboxylic acids is 1. The molecule has 0 spiro atoms. The van der Waals surface area contributed by atoms with Crippen LogP contribution in [0.25, 0.3) is 0 Å². The molecule has 0 amide bonds. The van der Waals surface area contributed by atoms with Crippen LogP contribution in [-0.4, -0.2) is 19.7 Å². The molecule has 1 aromatic carbocycles. The van der Waals surface area contributed by atoms with Crippen molar-refractivity contribution in [3.05, 3.63) is 54.0 Å². The molecule has 0 aliphatic heterocycles. The van der Waals surface area contributed by atoms with E-state index in [9.17, 15) is 4.79 Å². The number of hydrogen-bond acceptors (Lipinski definition) is 5. The molecule has 0 bridgehead atoms. The van der Waals surface area contributed by atoms with Crippen molar-refractivity contribution in [3.8, 4) is 5.75 Å². The Morgan fingerprint density at radius 2 is 2.05 bits per heavy atom. The summed E-state index contributed by atoms with van der Waals surface area (Å²) >= 11 is 0. The second-order valence-corrected chi connectivity index (χ2v) is 4.42. The van der Waals surface area contributed by atoms with Gasteiger partial charge in [0.2, 0.25) is 0 Å². The van der Waals surface area contributed by atoms with Crippen LogP contribution in [0.3, 0.4) is 0 Å². The molecule has 21 heavy (non-hydrogen) atoms. The molecule has 1 aromatic heterocycles. The van der Waals surface area contributed by atoms with Gasteiger partial charge in [0.25, 0.3) is 0 Å². The Morgan fingerprint density at radius 3 is 2.62 bits per heavy atom. The molecular weight excluding hydrogens is 270 g/mol. The molecule has 1 N–H and O–H groups in total. The van der Waals surface area contributed by atoms with E-state index in [-0.39, 0.29) is 5.97 Å². The fraction of sp³-hybridized carbons (Fsp3) is 0.312. The molecule has 0 saturated carbocycles. The van der Waals surface area contributed by atoms with Crippen molar-refractivity contribution < 1.29 is 18.7 Å². The molecule has 0 radical (unpaired) electrons. The van der Waals surface area contributed by atoms with Crippen molar-refractivity contribution in [3.63, 3.8) is 0 Å². The van der Waals surface area contributed by atoms with Crippen LogP contribution in [0.1, 0.15) is 24.3 Å². The van der Waals surface area contributed by atoms with E-state index in [0.29, 0.717) is 13.2 Å². The van der Waals surface area contributed by atoms with E-state index in [4.69, 9.17) is 13.9 Å². The summed E-state index contributed by atoms with van der Waals surface area (Å²) in [5.41, 5.74) is 0.817. The molecule has 2 rings (SSSR count). The molecule has 1 unspecified atom stereocenters. The quantitative estimate of drug-likeness (QED) is 0.794. The summed E-state index contributed by atoms with van der Waals surface area (Å²) in [6.45, 7) is 2.98. The Labute approximate surface area is 123 Å². The number of nitrogens with one attached hydrogen (secondary N) is 1. The Bertz CT molecular complexity index is 548. The SMILES string of the molecule is CCOc1ccc(C(NCc2ccco2)C(=O)OC)cc1. The molecule has 5 heteroatoms. The van der Waals surface area contributed by atoms with Crippen LogP contribution in [0.2, 0.25) is 0 Å². The molecular formula is C16H19NO4. The lowest BCUT2D eigenvalue weighted by Gasteiger charge is -2.16. The number of ether oxygens (including phenoxy) is 2. The van der Waals surface area contributed by atoms with Crippen LogP contribution in [0.4, 0.5) is 0 Å². The standard InChI is InChI=1S/C16H19NO4/c1-3-20-13-8-6-12(7-9-13)15(16(18)19-2)17-11-14-5-4-10-21-14/h4-10,15,17H,3,11H2,1-2H3. The first-order valence-electron chi connectivity index (χ1n) is 6.81. The number of furan rings is 1. The first-order chi connectivity index (χ1) is 10.2. The van der Waals surface area contributed by atoms with E-state index in [1.165, 1.54) is 7.11 Å². The average Bonchev–Trinajstić information content (AvgIpc) is 3.02. The second-order valence-electron chi connectivity index (χ2n) is 4.42. The van der Waals surface area contributed by atoms with Gasteiger partial charge >= 0.3 is 5.97 Å². The van der Waals surface area contributed by atoms with Crippen LogP contribution >= 0.6 is 0 Å². The van der Waals surface area contributed by atoms with E-state index < -0.39 is 6.04 Å². The minimum Gasteiger partial charge on any atom is -0.494 e. The van der Waals surface area contributed by atoms with Crippen molar-refractivity contribution in [1.29, 1.82) is 0 Å². The number of rotatable bonds is 7. The minimum absolute atomic E-state index is 0.342. The van der Waals surface area contributed by atoms with Crippen molar-refractivity contribution in [1.82, 2.24) is 5.32 Å². The summed E-state index contributed by atoms with van der Waals surface area (Å²) in [6, 6.07) is 10.5. The average molecular weight is 289 g/mol. The monoisotopic (exact) mass is 289 g/mol. The Morgan fingerprint density at radius 1 is 1.29 bits per heavy atom. The van der Waals surface area contributed by atoms with Crippen molar-refractivity contribution in [2.75, 3.05) is 13.7 Å². The molecule has 0 saturated heterocycles. The molecule has 5 nitrogen and oxygen atoms in total. The van der Waals surface area contributed by atoms with Crippen molar-refractivity contribution in [2.24, 2.45) is 0 Å². The Kier molecular flexibility index (Phi) is 5.40. The predicted octanol–water partition coefficient (Wildman–Crippen LogP) is 2.68. The van der Waals surface area contributed by atoms with E-state index in [1.807, 2.05) is 37.3 Å². The van der Waals surface area contributed by atoms with Crippen molar-refractivity contribution >= 4 is 5.97 Å². The van der Waals surface area contributed by atoms with Crippen LogP contribution < -0.4 is 10.1 Å². The molecule has 112 valence electrons. The summed E-state index contributed by atoms with van der Waals surface area (Å²) in [7, 11) is 1.37. The topological polar surface area (TPSA) is 60.7 Å². The molecule has 1 atom stereocenters. The minimum atomic E-state index is -0.546. The van der Waals surface area contributed by atoms with Gasteiger partial charge in [-0.05, 0) is 36.8 Å². The summed E-state index contributed by atoms with van der Waals surface area (Å²) in [4.78, 5) is 11.9. The van der Waals surface area contributed by atoms with Crippen LogP contribution in [-0.2, 0) is 16.1 Å². The number of carbonyl (C=O) groups is 1. The normalized spacial score (nSPS) is 11.9. The summed E-state index contributed by atoms with van der Waals surface area (Å²) in [5, 5.41) is 3.13. The number of hydrogen-bond donors (Lipinski definition) is 1. The fourth-order valence-electron chi connectivity index (χ4n) is 1.99. The van der Waals surface area contributed by atoms with Gasteiger partial charge in [-0.3, -0.25) is 5.32 Å². The zero-order chi connectivity index (χ0) is 15.1. The van der Waals surface area contributed by atoms with Gasteiger partial charge in [0.15, 0.2) is 0 Å². The molecule has 0 fully saturated rings. The lowest BCUT2D eigenvalue weighted by atomic mass is 10.1. The van der Waals surface area contributed by atoms with Gasteiger partial charge in [0.1, 0.15) is 17.6 Å². The van der Waals surface area contributed by atoms with E-state index in [1.54, 1.807) is 12.3 Å². The van der Waals surface area contributed by atoms with E-state index >= 15 is 0 Å². The maximum Gasteiger partial charge on any atom is 0.327 e. The first kappa shape index (κ1) is 15.1. The second kappa shape index (κ2) is 7.50. The molecule has 1 heterocycles. The highest BCUT2D eigenvalue weighted by molar-refractivity contribution is 5.77. The zero-order valence-corrected chi connectivity index (χ0v) is 12.2. The van der Waals surface area contributed by atoms with Crippen molar-refractivity contribution in [2.45, 2.75) is 19.5 Å². The third-order valence-corrected chi connectivity index (χ3v) is 3.02. The third-order valence-electron chi connectivity index (χ3n) is 3.02. The number of benzene rings is 1. The first-order valence-corrected chi connectivity index (χ1v) is 6.81. The highest BCUT2D eigenvalue weighted by atomic mass is 16.5. The van der Waals surface area contributed by atoms with Gasteiger partial charge in [-0.1, -0.05) is 12.1 Å². The maximum absolute atomic E-state index is 11.9. The predicted molar refractivity (Wildman–Crippen MR) is 77.9 cm³/mol.